The molecule has 33 heavy (non-hydrogen) atoms. The highest BCUT2D eigenvalue weighted by Gasteiger charge is 2.18. The van der Waals surface area contributed by atoms with Crippen LogP contribution in [0.15, 0.2) is 60.9 Å². The summed E-state index contributed by atoms with van der Waals surface area (Å²) in [5, 5.41) is 13.8. The fraction of sp³-hybridized carbons (Fsp3) is 0.308. The smallest absolute Gasteiger partial charge is 0.169 e. The predicted molar refractivity (Wildman–Crippen MR) is 127 cm³/mol. The van der Waals surface area contributed by atoms with Gasteiger partial charge in [0, 0.05) is 42.8 Å². The van der Waals surface area contributed by atoms with Gasteiger partial charge < -0.3 is 9.64 Å². The number of fused-ring (bicyclic) bond motifs is 1. The lowest BCUT2D eigenvalue weighted by molar-refractivity contribution is 0.0987. The van der Waals surface area contributed by atoms with Crippen LogP contribution in [-0.2, 0) is 13.5 Å². The molecular formula is C26H27N5O2. The van der Waals surface area contributed by atoms with Crippen LogP contribution in [0.3, 0.4) is 0 Å². The minimum absolute atomic E-state index is 0.000825. The molecule has 2 aromatic heterocycles. The van der Waals surface area contributed by atoms with Gasteiger partial charge in [-0.05, 0) is 55.8 Å². The Morgan fingerprint density at radius 1 is 1.03 bits per heavy atom. The van der Waals surface area contributed by atoms with Gasteiger partial charge in [-0.15, -0.1) is 0 Å². The first-order valence-corrected chi connectivity index (χ1v) is 11.3. The molecule has 0 radical (unpaired) electrons. The Balaban J connectivity index is 1.31. The van der Waals surface area contributed by atoms with Crippen LogP contribution in [0.5, 0.6) is 5.75 Å². The second-order valence-corrected chi connectivity index (χ2v) is 8.76. The van der Waals surface area contributed by atoms with Crippen LogP contribution in [0, 0.1) is 0 Å². The largest absolute Gasteiger partial charge is 0.490 e. The number of likely N-dealkylation sites (tertiary alicyclic amines) is 1. The molecule has 5 rings (SSSR count). The summed E-state index contributed by atoms with van der Waals surface area (Å²) in [7, 11) is 4.03. The number of ether oxygens (including phenoxy) is 1. The number of nitrogens with zero attached hydrogens (tertiary/aromatic N) is 5. The number of hydrogen-bond donors (Lipinski definition) is 0. The molecule has 7 heteroatoms. The Hall–Kier alpha value is -3.58. The molecule has 0 amide bonds. The van der Waals surface area contributed by atoms with E-state index in [1.54, 1.807) is 4.68 Å². The summed E-state index contributed by atoms with van der Waals surface area (Å²) in [6, 6.07) is 15.4. The zero-order valence-electron chi connectivity index (χ0n) is 18.9. The molecule has 0 N–H and O–H groups in total. The van der Waals surface area contributed by atoms with Crippen molar-refractivity contribution in [2.24, 2.45) is 7.05 Å². The number of Topliss-reactive ketones (excluding diaryl/α,β-unsaturated/α-hetero) is 1. The van der Waals surface area contributed by atoms with Gasteiger partial charge in [0.25, 0.3) is 0 Å². The van der Waals surface area contributed by atoms with E-state index in [9.17, 15) is 4.79 Å². The van der Waals surface area contributed by atoms with Gasteiger partial charge in [0.1, 0.15) is 11.9 Å². The standard InChI is InChI=1S/C26H27N5O2/c1-30-10-8-23(9-11-30)33-24-5-3-4-19(14-24)26(32)15-22-13-20-12-18(6-7-25(20)29-28-22)21-16-27-31(2)17-21/h3-7,12-14,16-17,23H,8-11,15H2,1-2H3. The van der Waals surface area contributed by atoms with Crippen LogP contribution in [0.25, 0.3) is 22.0 Å². The minimum atomic E-state index is 0.000825. The minimum Gasteiger partial charge on any atom is -0.490 e. The van der Waals surface area contributed by atoms with Crippen molar-refractivity contribution in [1.29, 1.82) is 0 Å². The van der Waals surface area contributed by atoms with Crippen molar-refractivity contribution in [2.75, 3.05) is 20.1 Å². The Labute approximate surface area is 193 Å². The van der Waals surface area contributed by atoms with Crippen LogP contribution in [0.1, 0.15) is 28.9 Å². The highest BCUT2D eigenvalue weighted by Crippen LogP contribution is 2.24. The predicted octanol–water partition coefficient (Wildman–Crippen LogP) is 3.93. The molecule has 168 valence electrons. The molecular weight excluding hydrogens is 414 g/mol. The lowest BCUT2D eigenvalue weighted by Crippen LogP contribution is -2.35. The van der Waals surface area contributed by atoms with Gasteiger partial charge in [-0.25, -0.2) is 0 Å². The first-order chi connectivity index (χ1) is 16.0. The maximum atomic E-state index is 13.0. The SMILES string of the molecule is CN1CCC(Oc2cccc(C(=O)Cc3cc4cc(-c5cnn(C)c5)ccc4nn3)c2)CC1. The molecule has 0 bridgehead atoms. The lowest BCUT2D eigenvalue weighted by Gasteiger charge is -2.29. The average Bonchev–Trinajstić information content (AvgIpc) is 3.26. The molecule has 2 aromatic carbocycles. The van der Waals surface area contributed by atoms with Crippen molar-refractivity contribution in [3.8, 4) is 16.9 Å². The van der Waals surface area contributed by atoms with Crippen LogP contribution in [0.2, 0.25) is 0 Å². The summed E-state index contributed by atoms with van der Waals surface area (Å²) in [5.74, 6) is 0.752. The first kappa shape index (κ1) is 21.3. The van der Waals surface area contributed by atoms with Crippen molar-refractivity contribution >= 4 is 16.7 Å². The van der Waals surface area contributed by atoms with E-state index < -0.39 is 0 Å². The molecule has 0 saturated carbocycles. The van der Waals surface area contributed by atoms with E-state index in [2.05, 4.69) is 33.3 Å². The Morgan fingerprint density at radius 3 is 2.67 bits per heavy atom. The van der Waals surface area contributed by atoms with Gasteiger partial charge in [-0.1, -0.05) is 18.2 Å². The number of aromatic nitrogens is 4. The third kappa shape index (κ3) is 4.93. The summed E-state index contributed by atoms with van der Waals surface area (Å²) in [4.78, 5) is 15.3. The summed E-state index contributed by atoms with van der Waals surface area (Å²) in [6.45, 7) is 2.07. The molecule has 0 aliphatic carbocycles. The van der Waals surface area contributed by atoms with Crippen LogP contribution in [-0.4, -0.2) is 56.9 Å². The molecule has 7 nitrogen and oxygen atoms in total. The Bertz CT molecular complexity index is 1290. The van der Waals surface area contributed by atoms with Gasteiger partial charge >= 0.3 is 0 Å². The van der Waals surface area contributed by atoms with Gasteiger partial charge in [0.2, 0.25) is 0 Å². The second-order valence-electron chi connectivity index (χ2n) is 8.76. The normalized spacial score (nSPS) is 15.1. The zero-order valence-corrected chi connectivity index (χ0v) is 18.9. The van der Waals surface area contributed by atoms with E-state index >= 15 is 0 Å². The Morgan fingerprint density at radius 2 is 1.88 bits per heavy atom. The highest BCUT2D eigenvalue weighted by atomic mass is 16.5. The highest BCUT2D eigenvalue weighted by molar-refractivity contribution is 5.98. The van der Waals surface area contributed by atoms with E-state index in [0.29, 0.717) is 11.3 Å². The average molecular weight is 442 g/mol. The number of rotatable bonds is 6. The summed E-state index contributed by atoms with van der Waals surface area (Å²) >= 11 is 0. The molecule has 4 aromatic rings. The maximum Gasteiger partial charge on any atom is 0.169 e. The van der Waals surface area contributed by atoms with E-state index in [4.69, 9.17) is 4.74 Å². The Kier molecular flexibility index (Phi) is 5.88. The third-order valence-electron chi connectivity index (χ3n) is 6.14. The zero-order chi connectivity index (χ0) is 22.8. The van der Waals surface area contributed by atoms with Crippen molar-refractivity contribution in [3.05, 3.63) is 72.2 Å². The fourth-order valence-corrected chi connectivity index (χ4v) is 4.23. The number of aryl methyl sites for hydroxylation is 1. The molecule has 1 aliphatic heterocycles. The van der Waals surface area contributed by atoms with E-state index in [1.807, 2.05) is 61.9 Å². The number of carbonyl (C=O) groups excluding carboxylic acids is 1. The lowest BCUT2D eigenvalue weighted by atomic mass is 10.0. The second kappa shape index (κ2) is 9.11. The molecule has 0 unspecified atom stereocenters. The number of ketones is 1. The molecule has 0 atom stereocenters. The van der Waals surface area contributed by atoms with Gasteiger partial charge in [0.05, 0.1) is 23.8 Å². The topological polar surface area (TPSA) is 73.1 Å². The summed E-state index contributed by atoms with van der Waals surface area (Å²) in [6.07, 6.45) is 6.21. The number of benzene rings is 2. The van der Waals surface area contributed by atoms with E-state index in [1.165, 1.54) is 0 Å². The van der Waals surface area contributed by atoms with Crippen molar-refractivity contribution in [3.63, 3.8) is 0 Å². The third-order valence-corrected chi connectivity index (χ3v) is 6.14. The summed E-state index contributed by atoms with van der Waals surface area (Å²) < 4.78 is 7.92. The molecule has 1 saturated heterocycles. The van der Waals surface area contributed by atoms with Crippen LogP contribution < -0.4 is 4.74 Å². The van der Waals surface area contributed by atoms with Gasteiger partial charge in [-0.3, -0.25) is 9.48 Å². The maximum absolute atomic E-state index is 13.0. The number of hydrogen-bond acceptors (Lipinski definition) is 6. The van der Waals surface area contributed by atoms with Crippen molar-refractivity contribution < 1.29 is 9.53 Å². The van der Waals surface area contributed by atoms with Crippen molar-refractivity contribution in [2.45, 2.75) is 25.4 Å². The molecule has 0 spiro atoms. The molecule has 1 aliphatic rings. The monoisotopic (exact) mass is 441 g/mol. The van der Waals surface area contributed by atoms with Crippen molar-refractivity contribution in [1.82, 2.24) is 24.9 Å². The fourth-order valence-electron chi connectivity index (χ4n) is 4.23. The van der Waals surface area contributed by atoms with E-state index in [0.717, 1.165) is 53.7 Å². The molecule has 1 fully saturated rings. The van der Waals surface area contributed by atoms with Crippen LogP contribution in [0.4, 0.5) is 0 Å². The van der Waals surface area contributed by atoms with Crippen LogP contribution >= 0.6 is 0 Å². The number of carbonyl (C=O) groups is 1. The van der Waals surface area contributed by atoms with Gasteiger partial charge in [0.15, 0.2) is 5.78 Å². The molecule has 3 heterocycles. The first-order valence-electron chi connectivity index (χ1n) is 11.3. The van der Waals surface area contributed by atoms with E-state index in [-0.39, 0.29) is 18.3 Å². The number of piperidine rings is 1. The van der Waals surface area contributed by atoms with Gasteiger partial charge in [-0.2, -0.15) is 15.3 Å². The quantitative estimate of drug-likeness (QED) is 0.422. The summed E-state index contributed by atoms with van der Waals surface area (Å²) in [5.41, 5.74) is 4.17.